The number of hydrogen-bond acceptors (Lipinski definition) is 4. The summed E-state index contributed by atoms with van der Waals surface area (Å²) < 4.78 is 10.6. The third-order valence-electron chi connectivity index (χ3n) is 1.75. The summed E-state index contributed by atoms with van der Waals surface area (Å²) in [4.78, 5) is 9.85. The minimum Gasteiger partial charge on any atom is -0.347 e. The lowest BCUT2D eigenvalue weighted by molar-refractivity contribution is -0.425. The second-order valence-electron chi connectivity index (χ2n) is 3.43. The van der Waals surface area contributed by atoms with E-state index in [4.69, 9.17) is 9.47 Å². The van der Waals surface area contributed by atoms with Crippen molar-refractivity contribution in [2.75, 3.05) is 6.61 Å². The van der Waals surface area contributed by atoms with Crippen molar-refractivity contribution in [3.63, 3.8) is 0 Å². The third kappa shape index (κ3) is 2.78. The van der Waals surface area contributed by atoms with Crippen molar-refractivity contribution in [1.82, 2.24) is 0 Å². The van der Waals surface area contributed by atoms with Crippen molar-refractivity contribution in [3.8, 4) is 0 Å². The molecule has 1 atom stereocenters. The van der Waals surface area contributed by atoms with Crippen molar-refractivity contribution in [2.24, 2.45) is 0 Å². The van der Waals surface area contributed by atoms with Gasteiger partial charge in [-0.25, -0.2) is 0 Å². The van der Waals surface area contributed by atoms with E-state index in [2.05, 4.69) is 0 Å². The van der Waals surface area contributed by atoms with Gasteiger partial charge in [0.05, 0.1) is 11.5 Å². The quantitative estimate of drug-likeness (QED) is 0.483. The summed E-state index contributed by atoms with van der Waals surface area (Å²) in [5.74, 6) is -0.627. The van der Waals surface area contributed by atoms with E-state index >= 15 is 0 Å². The molecule has 0 aromatic rings. The Morgan fingerprint density at radius 3 is 2.69 bits per heavy atom. The minimum absolute atomic E-state index is 0.0892. The van der Waals surface area contributed by atoms with Gasteiger partial charge < -0.3 is 9.47 Å². The van der Waals surface area contributed by atoms with Crippen LogP contribution < -0.4 is 0 Å². The van der Waals surface area contributed by atoms with Crippen LogP contribution in [-0.2, 0) is 9.47 Å². The molecule has 1 aliphatic heterocycles. The van der Waals surface area contributed by atoms with Crippen LogP contribution in [0, 0.1) is 10.1 Å². The van der Waals surface area contributed by atoms with Crippen LogP contribution in [-0.4, -0.2) is 23.4 Å². The van der Waals surface area contributed by atoms with Gasteiger partial charge in [-0.3, -0.25) is 10.1 Å². The molecule has 5 heteroatoms. The second-order valence-corrected chi connectivity index (χ2v) is 3.43. The molecule has 0 N–H and O–H groups in total. The Labute approximate surface area is 76.5 Å². The van der Waals surface area contributed by atoms with E-state index in [0.717, 1.165) is 0 Å². The molecular formula is C8H13NO4. The summed E-state index contributed by atoms with van der Waals surface area (Å²) in [6.07, 6.45) is 1.16. The number of rotatable bonds is 2. The van der Waals surface area contributed by atoms with E-state index in [1.807, 2.05) is 0 Å². The lowest BCUT2D eigenvalue weighted by atomic mass is 10.3. The lowest BCUT2D eigenvalue weighted by Gasteiger charge is -2.15. The van der Waals surface area contributed by atoms with E-state index < -0.39 is 10.7 Å². The van der Waals surface area contributed by atoms with Crippen LogP contribution in [0.4, 0.5) is 0 Å². The average molecular weight is 187 g/mol. The van der Waals surface area contributed by atoms with Crippen molar-refractivity contribution < 1.29 is 14.4 Å². The zero-order chi connectivity index (χ0) is 10.1. The molecule has 0 aromatic carbocycles. The molecule has 0 saturated carbocycles. The van der Waals surface area contributed by atoms with Gasteiger partial charge in [-0.15, -0.1) is 0 Å². The molecule has 0 spiro atoms. The Hall–Kier alpha value is -0.940. The first-order valence-electron chi connectivity index (χ1n) is 4.05. The molecular weight excluding hydrogens is 174 g/mol. The zero-order valence-electron chi connectivity index (χ0n) is 7.94. The van der Waals surface area contributed by atoms with E-state index in [-0.39, 0.29) is 11.8 Å². The number of ether oxygens (including phenoxy) is 2. The molecule has 0 aliphatic carbocycles. The number of nitrogens with zero attached hydrogens (tertiary/aromatic N) is 1. The van der Waals surface area contributed by atoms with E-state index in [9.17, 15) is 10.1 Å². The van der Waals surface area contributed by atoms with Gasteiger partial charge in [-0.1, -0.05) is 0 Å². The lowest BCUT2D eigenvalue weighted by Crippen LogP contribution is -2.21. The van der Waals surface area contributed by atoms with Gasteiger partial charge >= 0.3 is 0 Å². The van der Waals surface area contributed by atoms with Crippen LogP contribution in [0.2, 0.25) is 0 Å². The third-order valence-corrected chi connectivity index (χ3v) is 1.75. The van der Waals surface area contributed by atoms with Gasteiger partial charge in [0.2, 0.25) is 5.70 Å². The highest BCUT2D eigenvalue weighted by atomic mass is 16.7. The molecule has 5 nitrogen and oxygen atoms in total. The maximum Gasteiger partial charge on any atom is 0.241 e. The van der Waals surface area contributed by atoms with Crippen LogP contribution in [0.25, 0.3) is 0 Å². The fraction of sp³-hybridized carbons (Fsp3) is 0.750. The van der Waals surface area contributed by atoms with Gasteiger partial charge in [0, 0.05) is 13.0 Å². The van der Waals surface area contributed by atoms with Crippen LogP contribution in [0.3, 0.4) is 0 Å². The van der Waals surface area contributed by atoms with Crippen LogP contribution >= 0.6 is 0 Å². The normalized spacial score (nSPS) is 27.6. The Bertz CT molecular complexity index is 247. The van der Waals surface area contributed by atoms with Crippen molar-refractivity contribution >= 4 is 0 Å². The summed E-state index contributed by atoms with van der Waals surface area (Å²) >= 11 is 0. The molecule has 0 radical (unpaired) electrons. The predicted octanol–water partition coefficient (Wildman–Crippen LogP) is 1.32. The molecule has 1 rings (SSSR count). The molecule has 0 aromatic heterocycles. The average Bonchev–Trinajstić information content (AvgIpc) is 2.30. The van der Waals surface area contributed by atoms with Crippen LogP contribution in [0.5, 0.6) is 0 Å². The molecule has 1 heterocycles. The predicted molar refractivity (Wildman–Crippen MR) is 45.7 cm³/mol. The summed E-state index contributed by atoms with van der Waals surface area (Å²) in [6, 6.07) is 0. The zero-order valence-corrected chi connectivity index (χ0v) is 7.94. The molecule has 0 amide bonds. The molecule has 0 unspecified atom stereocenters. The Balaban J connectivity index is 2.58. The minimum atomic E-state index is -0.627. The molecule has 74 valence electrons. The molecule has 1 aliphatic rings. The topological polar surface area (TPSA) is 61.6 Å². The van der Waals surface area contributed by atoms with Crippen molar-refractivity contribution in [2.45, 2.75) is 32.7 Å². The van der Waals surface area contributed by atoms with Gasteiger partial charge in [-0.2, -0.15) is 0 Å². The molecule has 1 saturated heterocycles. The first-order chi connectivity index (χ1) is 5.91. The van der Waals surface area contributed by atoms with Gasteiger partial charge in [0.1, 0.15) is 6.10 Å². The number of hydrogen-bond donors (Lipinski definition) is 0. The van der Waals surface area contributed by atoms with Crippen LogP contribution in [0.1, 0.15) is 20.8 Å². The summed E-state index contributed by atoms with van der Waals surface area (Å²) in [5, 5.41) is 10.3. The molecule has 13 heavy (non-hydrogen) atoms. The SMILES string of the molecule is C/C(=C/[C@H]1COC(C)(C)O1)[N+](=O)[O-]. The largest absolute Gasteiger partial charge is 0.347 e. The van der Waals surface area contributed by atoms with Gasteiger partial charge in [-0.05, 0) is 13.8 Å². The Morgan fingerprint density at radius 1 is 1.69 bits per heavy atom. The van der Waals surface area contributed by atoms with Crippen molar-refractivity contribution in [3.05, 3.63) is 21.9 Å². The summed E-state index contributed by atoms with van der Waals surface area (Å²) in [7, 11) is 0. The molecule has 1 fully saturated rings. The molecule has 0 bridgehead atoms. The van der Waals surface area contributed by atoms with Crippen LogP contribution in [0.15, 0.2) is 11.8 Å². The first kappa shape index (κ1) is 10.1. The highest BCUT2D eigenvalue weighted by Gasteiger charge is 2.32. The van der Waals surface area contributed by atoms with Crippen molar-refractivity contribution in [1.29, 1.82) is 0 Å². The fourth-order valence-corrected chi connectivity index (χ4v) is 1.13. The first-order valence-corrected chi connectivity index (χ1v) is 4.05. The Morgan fingerprint density at radius 2 is 2.31 bits per heavy atom. The highest BCUT2D eigenvalue weighted by Crippen LogP contribution is 2.23. The van der Waals surface area contributed by atoms with Gasteiger partial charge in [0.25, 0.3) is 0 Å². The number of allylic oxidation sites excluding steroid dienone is 1. The van der Waals surface area contributed by atoms with E-state index in [1.54, 1.807) is 13.8 Å². The standard InChI is InChI=1S/C8H13NO4/c1-6(9(10)11)4-7-5-12-8(2,3)13-7/h4,7H,5H2,1-3H3/b6-4-/t7-/m0/s1. The second kappa shape index (κ2) is 3.43. The smallest absolute Gasteiger partial charge is 0.241 e. The number of nitro groups is 1. The maximum absolute atomic E-state index is 10.3. The maximum atomic E-state index is 10.3. The van der Waals surface area contributed by atoms with E-state index in [1.165, 1.54) is 13.0 Å². The Kier molecular flexibility index (Phi) is 2.68. The van der Waals surface area contributed by atoms with E-state index in [0.29, 0.717) is 6.61 Å². The highest BCUT2D eigenvalue weighted by molar-refractivity contribution is 4.96. The summed E-state index contributed by atoms with van der Waals surface area (Å²) in [6.45, 7) is 5.37. The monoisotopic (exact) mass is 187 g/mol. The fourth-order valence-electron chi connectivity index (χ4n) is 1.13. The summed E-state index contributed by atoms with van der Waals surface area (Å²) in [5.41, 5.74) is 0.0892. The van der Waals surface area contributed by atoms with Gasteiger partial charge in [0.15, 0.2) is 5.79 Å².